The summed E-state index contributed by atoms with van der Waals surface area (Å²) in [5, 5.41) is 4.20. The molecule has 0 atom stereocenters. The smallest absolute Gasteiger partial charge is 0.387 e. The Hall–Kier alpha value is -3.56. The number of amides is 1. The van der Waals surface area contributed by atoms with Crippen molar-refractivity contribution in [2.75, 3.05) is 12.0 Å². The lowest BCUT2D eigenvalue weighted by molar-refractivity contribution is -0.0515. The normalized spacial score (nSPS) is 13.1. The molecule has 0 saturated heterocycles. The summed E-state index contributed by atoms with van der Waals surface area (Å²) >= 11 is 0. The van der Waals surface area contributed by atoms with Crippen LogP contribution in [0.4, 0.5) is 14.5 Å². The second kappa shape index (κ2) is 7.46. The summed E-state index contributed by atoms with van der Waals surface area (Å²) < 4.78 is 36.5. The van der Waals surface area contributed by atoms with Crippen LogP contribution >= 0.6 is 0 Å². The van der Waals surface area contributed by atoms with Gasteiger partial charge in [0.05, 0.1) is 42.5 Å². The molecular weight excluding hydrogens is 384 g/mol. The van der Waals surface area contributed by atoms with E-state index in [1.165, 1.54) is 19.4 Å². The third kappa shape index (κ3) is 3.48. The zero-order valence-corrected chi connectivity index (χ0v) is 15.7. The van der Waals surface area contributed by atoms with E-state index in [2.05, 4.69) is 19.8 Å². The first-order valence-corrected chi connectivity index (χ1v) is 8.83. The summed E-state index contributed by atoms with van der Waals surface area (Å²) in [6.07, 6.45) is 4.88. The summed E-state index contributed by atoms with van der Waals surface area (Å²) in [7, 11) is 1.31. The van der Waals surface area contributed by atoms with E-state index in [1.54, 1.807) is 34.1 Å². The molecule has 0 aliphatic carbocycles. The quantitative estimate of drug-likeness (QED) is 0.631. The topological polar surface area (TPSA) is 82.4 Å². The van der Waals surface area contributed by atoms with Crippen molar-refractivity contribution in [3.05, 3.63) is 48.0 Å². The fourth-order valence-corrected chi connectivity index (χ4v) is 3.12. The van der Waals surface area contributed by atoms with E-state index in [4.69, 9.17) is 4.74 Å². The van der Waals surface area contributed by atoms with Crippen LogP contribution < -0.4 is 14.4 Å². The Morgan fingerprint density at radius 3 is 2.79 bits per heavy atom. The highest BCUT2D eigenvalue weighted by atomic mass is 19.3. The molecule has 0 saturated carbocycles. The zero-order chi connectivity index (χ0) is 20.5. The number of hydrogen-bond donors (Lipinski definition) is 0. The Bertz CT molecular complexity index is 1070. The van der Waals surface area contributed by atoms with Gasteiger partial charge in [0.15, 0.2) is 5.75 Å². The van der Waals surface area contributed by atoms with Crippen LogP contribution in [0.3, 0.4) is 0 Å². The molecule has 0 N–H and O–H groups in total. The first kappa shape index (κ1) is 18.8. The number of pyridine rings is 2. The van der Waals surface area contributed by atoms with Crippen LogP contribution in [0, 0.1) is 0 Å². The van der Waals surface area contributed by atoms with Gasteiger partial charge in [-0.15, -0.1) is 0 Å². The minimum absolute atomic E-state index is 0.0514. The number of hydrogen-bond acceptors (Lipinski definition) is 6. The van der Waals surface area contributed by atoms with E-state index in [0.29, 0.717) is 41.3 Å². The Morgan fingerprint density at radius 2 is 2.10 bits per heavy atom. The van der Waals surface area contributed by atoms with Gasteiger partial charge < -0.3 is 9.47 Å². The maximum atomic E-state index is 12.7. The molecule has 0 unspecified atom stereocenters. The number of anilines is 1. The molecule has 0 bridgehead atoms. The highest BCUT2D eigenvalue weighted by molar-refractivity contribution is 6.09. The van der Waals surface area contributed by atoms with Crippen LogP contribution in [0.1, 0.15) is 23.0 Å². The Morgan fingerprint density at radius 1 is 1.28 bits per heavy atom. The third-order valence-electron chi connectivity index (χ3n) is 4.54. The largest absolute Gasteiger partial charge is 0.478 e. The number of halogens is 2. The van der Waals surface area contributed by atoms with Crippen molar-refractivity contribution in [3.8, 4) is 22.9 Å². The second-order valence-electron chi connectivity index (χ2n) is 6.25. The highest BCUT2D eigenvalue weighted by Crippen LogP contribution is 2.33. The molecular formula is C19H17F2N5O3. The number of carbonyl (C=O) groups is 1. The van der Waals surface area contributed by atoms with Crippen LogP contribution in [-0.2, 0) is 13.1 Å². The molecule has 4 rings (SSSR count). The van der Waals surface area contributed by atoms with Gasteiger partial charge in [0.2, 0.25) is 0 Å². The van der Waals surface area contributed by atoms with E-state index in [9.17, 15) is 13.6 Å². The molecule has 0 radical (unpaired) electrons. The van der Waals surface area contributed by atoms with Crippen LogP contribution in [0.2, 0.25) is 0 Å². The molecule has 29 heavy (non-hydrogen) atoms. The second-order valence-corrected chi connectivity index (χ2v) is 6.25. The lowest BCUT2D eigenvalue weighted by Gasteiger charge is -2.11. The van der Waals surface area contributed by atoms with Crippen LogP contribution in [-0.4, -0.2) is 39.4 Å². The summed E-state index contributed by atoms with van der Waals surface area (Å²) in [6.45, 7) is -0.0593. The summed E-state index contributed by atoms with van der Waals surface area (Å²) in [4.78, 5) is 22.9. The highest BCUT2D eigenvalue weighted by Gasteiger charge is 2.31. The molecule has 1 amide bonds. The van der Waals surface area contributed by atoms with Gasteiger partial charge in [-0.3, -0.25) is 19.4 Å². The fraction of sp³-hybridized carbons (Fsp3) is 0.263. The van der Waals surface area contributed by atoms with Crippen molar-refractivity contribution in [1.29, 1.82) is 0 Å². The van der Waals surface area contributed by atoms with Gasteiger partial charge in [0, 0.05) is 24.5 Å². The minimum Gasteiger partial charge on any atom is -0.478 e. The van der Waals surface area contributed by atoms with Gasteiger partial charge in [0.25, 0.3) is 11.8 Å². The number of alkyl halides is 2. The maximum absolute atomic E-state index is 12.7. The van der Waals surface area contributed by atoms with Crippen LogP contribution in [0.5, 0.6) is 11.6 Å². The number of nitrogens with zero attached hydrogens (tertiary/aromatic N) is 5. The lowest BCUT2D eigenvalue weighted by atomic mass is 10.1. The number of aryl methyl sites for hydroxylation is 1. The Labute approximate surface area is 164 Å². The number of ether oxygens (including phenoxy) is 2. The van der Waals surface area contributed by atoms with Gasteiger partial charge in [-0.1, -0.05) is 0 Å². The van der Waals surface area contributed by atoms with Gasteiger partial charge in [0.1, 0.15) is 0 Å². The minimum atomic E-state index is -3.01. The van der Waals surface area contributed by atoms with Crippen molar-refractivity contribution in [1.82, 2.24) is 19.7 Å². The number of rotatable bonds is 6. The molecule has 3 aromatic heterocycles. The van der Waals surface area contributed by atoms with Crippen molar-refractivity contribution >= 4 is 11.6 Å². The van der Waals surface area contributed by atoms with E-state index in [-0.39, 0.29) is 17.5 Å². The number of aromatic nitrogens is 4. The number of methoxy groups -OCH3 is 1. The predicted molar refractivity (Wildman–Crippen MR) is 99.1 cm³/mol. The van der Waals surface area contributed by atoms with Gasteiger partial charge in [-0.25, -0.2) is 4.98 Å². The average molecular weight is 401 g/mol. The molecule has 1 aliphatic rings. The van der Waals surface area contributed by atoms with E-state index in [0.717, 1.165) is 0 Å². The Kier molecular flexibility index (Phi) is 4.83. The fourth-order valence-electron chi connectivity index (χ4n) is 3.12. The van der Waals surface area contributed by atoms with Gasteiger partial charge in [-0.2, -0.15) is 13.9 Å². The van der Waals surface area contributed by atoms with Crippen molar-refractivity contribution in [2.24, 2.45) is 0 Å². The SMILES string of the molecule is CCn1cc(N2Cc3nc(-c4cnc(OC)c(OC(F)F)c4)ccc3C2=O)cn1. The van der Waals surface area contributed by atoms with E-state index < -0.39 is 6.61 Å². The molecule has 0 aromatic carbocycles. The molecule has 8 nitrogen and oxygen atoms in total. The molecule has 0 fully saturated rings. The number of carbonyl (C=O) groups excluding carboxylic acids is 1. The van der Waals surface area contributed by atoms with Crippen molar-refractivity contribution < 1.29 is 23.0 Å². The standard InChI is InChI=1S/C19H17F2N5O3/c1-3-25-9-12(8-23-25)26-10-15-13(18(26)27)4-5-14(24-15)11-6-16(29-19(20)21)17(28-2)22-7-11/h4-9,19H,3,10H2,1-2H3. The first-order valence-electron chi connectivity index (χ1n) is 8.83. The summed E-state index contributed by atoms with van der Waals surface area (Å²) in [6, 6.07) is 4.69. The van der Waals surface area contributed by atoms with E-state index >= 15 is 0 Å². The number of fused-ring (bicyclic) bond motifs is 1. The predicted octanol–water partition coefficient (Wildman–Crippen LogP) is 3.13. The molecule has 1 aliphatic heterocycles. The Balaban J connectivity index is 1.65. The van der Waals surface area contributed by atoms with Crippen molar-refractivity contribution in [2.45, 2.75) is 26.6 Å². The average Bonchev–Trinajstić information content (AvgIpc) is 3.31. The lowest BCUT2D eigenvalue weighted by Crippen LogP contribution is -2.22. The molecule has 3 aromatic rings. The molecule has 4 heterocycles. The third-order valence-corrected chi connectivity index (χ3v) is 4.54. The van der Waals surface area contributed by atoms with Crippen LogP contribution in [0.25, 0.3) is 11.3 Å². The van der Waals surface area contributed by atoms with Gasteiger partial charge in [-0.05, 0) is 25.1 Å². The van der Waals surface area contributed by atoms with Crippen molar-refractivity contribution in [3.63, 3.8) is 0 Å². The molecule has 0 spiro atoms. The summed E-state index contributed by atoms with van der Waals surface area (Å²) in [5.41, 5.74) is 2.72. The van der Waals surface area contributed by atoms with Crippen LogP contribution in [0.15, 0.2) is 36.8 Å². The zero-order valence-electron chi connectivity index (χ0n) is 15.7. The van der Waals surface area contributed by atoms with Gasteiger partial charge >= 0.3 is 6.61 Å². The molecule has 150 valence electrons. The summed E-state index contributed by atoms with van der Waals surface area (Å²) in [5.74, 6) is -0.402. The van der Waals surface area contributed by atoms with E-state index in [1.807, 2.05) is 6.92 Å². The molecule has 10 heteroatoms. The maximum Gasteiger partial charge on any atom is 0.387 e. The first-order chi connectivity index (χ1) is 14.0. The monoisotopic (exact) mass is 401 g/mol.